The minimum Gasteiger partial charge on any atom is -0.491 e. The molecule has 0 atom stereocenters. The molecule has 0 aliphatic heterocycles. The average molecular weight is 265 g/mol. The smallest absolute Gasteiger partial charge is 0.231 e. The van der Waals surface area contributed by atoms with Gasteiger partial charge in [0.25, 0.3) is 0 Å². The fourth-order valence-corrected chi connectivity index (χ4v) is 1.78. The maximum absolute atomic E-state index is 10.9. The molecule has 1 rings (SSSR count). The van der Waals surface area contributed by atoms with Crippen molar-refractivity contribution in [2.45, 2.75) is 26.3 Å². The Bertz CT molecular complexity index is 407. The normalized spacial score (nSPS) is 10.9. The first-order chi connectivity index (χ1) is 9.00. The quantitative estimate of drug-likeness (QED) is 0.547. The van der Waals surface area contributed by atoms with Crippen LogP contribution >= 0.6 is 0 Å². The second kappa shape index (κ2) is 7.63. The summed E-state index contributed by atoms with van der Waals surface area (Å²) >= 11 is 0. The zero-order chi connectivity index (χ0) is 14.3. The van der Waals surface area contributed by atoms with Crippen LogP contribution in [0.5, 0.6) is 5.75 Å². The zero-order valence-electron chi connectivity index (χ0n) is 11.6. The van der Waals surface area contributed by atoms with E-state index in [1.165, 1.54) is 0 Å². The van der Waals surface area contributed by atoms with Crippen LogP contribution in [-0.2, 0) is 4.79 Å². The number of ether oxygens (including phenoxy) is 1. The van der Waals surface area contributed by atoms with Gasteiger partial charge in [-0.25, -0.2) is 0 Å². The monoisotopic (exact) mass is 265 g/mol. The molecule has 0 unspecified atom stereocenters. The Balaban J connectivity index is 2.33. The van der Waals surface area contributed by atoms with Gasteiger partial charge in [-0.3, -0.25) is 9.69 Å². The van der Waals surface area contributed by atoms with Crippen LogP contribution < -0.4 is 16.2 Å². The number of hydrogen-bond donors (Lipinski definition) is 2. The van der Waals surface area contributed by atoms with Crippen LogP contribution in [0.1, 0.15) is 20.3 Å². The summed E-state index contributed by atoms with van der Waals surface area (Å²) in [5, 5.41) is 0. The number of hydrogen-bond acceptors (Lipinski definition) is 4. The summed E-state index contributed by atoms with van der Waals surface area (Å²) in [6.07, 6.45) is 0.819. The van der Waals surface area contributed by atoms with Gasteiger partial charge in [0.1, 0.15) is 5.75 Å². The van der Waals surface area contributed by atoms with Crippen molar-refractivity contribution in [1.29, 1.82) is 0 Å². The molecule has 0 aliphatic rings. The lowest BCUT2D eigenvalue weighted by atomic mass is 10.2. The molecule has 106 valence electrons. The Morgan fingerprint density at radius 3 is 2.63 bits per heavy atom. The molecule has 5 heteroatoms. The molecular formula is C14H23N3O2. The maximum Gasteiger partial charge on any atom is 0.231 e. The van der Waals surface area contributed by atoms with Crippen molar-refractivity contribution in [3.05, 3.63) is 24.3 Å². The third kappa shape index (κ3) is 5.61. The van der Waals surface area contributed by atoms with E-state index >= 15 is 0 Å². The van der Waals surface area contributed by atoms with Gasteiger partial charge in [-0.15, -0.1) is 0 Å². The minimum atomic E-state index is -0.304. The Hall–Kier alpha value is -1.75. The van der Waals surface area contributed by atoms with Gasteiger partial charge in [0, 0.05) is 12.6 Å². The summed E-state index contributed by atoms with van der Waals surface area (Å²) in [4.78, 5) is 13.0. The highest BCUT2D eigenvalue weighted by atomic mass is 16.5. The van der Waals surface area contributed by atoms with E-state index in [9.17, 15) is 4.79 Å². The van der Waals surface area contributed by atoms with Crippen molar-refractivity contribution in [3.63, 3.8) is 0 Å². The van der Waals surface area contributed by atoms with E-state index in [1.54, 1.807) is 0 Å². The fraction of sp³-hybridized carbons (Fsp3) is 0.500. The van der Waals surface area contributed by atoms with Gasteiger partial charge < -0.3 is 16.2 Å². The van der Waals surface area contributed by atoms with E-state index in [2.05, 4.69) is 0 Å². The molecule has 0 aromatic heterocycles. The zero-order valence-corrected chi connectivity index (χ0v) is 11.6. The van der Waals surface area contributed by atoms with Gasteiger partial charge in [0.15, 0.2) is 0 Å². The largest absolute Gasteiger partial charge is 0.491 e. The minimum absolute atomic E-state index is 0.283. The number of nitrogens with zero attached hydrogens (tertiary/aromatic N) is 1. The molecule has 0 saturated heterocycles. The standard InChI is InChI=1S/C14H23N3O2/c1-11(2)17(10-14(16)18)8-5-9-19-13-7-4-3-6-12(13)15/h3-4,6-7,11H,5,8-10,15H2,1-2H3,(H2,16,18). The molecule has 0 fully saturated rings. The van der Waals surface area contributed by atoms with Crippen LogP contribution in [0.15, 0.2) is 24.3 Å². The number of primary amides is 1. The van der Waals surface area contributed by atoms with Crippen LogP contribution in [-0.4, -0.2) is 36.5 Å². The van der Waals surface area contributed by atoms with Crippen molar-refractivity contribution < 1.29 is 9.53 Å². The van der Waals surface area contributed by atoms with Crippen molar-refractivity contribution in [2.75, 3.05) is 25.4 Å². The number of nitrogens with two attached hydrogens (primary N) is 2. The van der Waals surface area contributed by atoms with Crippen LogP contribution in [0.25, 0.3) is 0 Å². The van der Waals surface area contributed by atoms with Gasteiger partial charge in [-0.2, -0.15) is 0 Å². The molecule has 0 saturated carbocycles. The fourth-order valence-electron chi connectivity index (χ4n) is 1.78. The highest BCUT2D eigenvalue weighted by Gasteiger charge is 2.11. The van der Waals surface area contributed by atoms with E-state index in [0.29, 0.717) is 18.0 Å². The molecule has 0 spiro atoms. The summed E-state index contributed by atoms with van der Waals surface area (Å²) in [7, 11) is 0. The molecule has 19 heavy (non-hydrogen) atoms. The van der Waals surface area contributed by atoms with E-state index in [1.807, 2.05) is 43.0 Å². The lowest BCUT2D eigenvalue weighted by Crippen LogP contribution is -2.39. The van der Waals surface area contributed by atoms with Gasteiger partial charge >= 0.3 is 0 Å². The van der Waals surface area contributed by atoms with Crippen molar-refractivity contribution in [3.8, 4) is 5.75 Å². The third-order valence-corrected chi connectivity index (χ3v) is 2.86. The summed E-state index contributed by atoms with van der Waals surface area (Å²) in [5.74, 6) is 0.399. The van der Waals surface area contributed by atoms with E-state index in [-0.39, 0.29) is 18.5 Å². The highest BCUT2D eigenvalue weighted by molar-refractivity contribution is 5.75. The topological polar surface area (TPSA) is 81.6 Å². The lowest BCUT2D eigenvalue weighted by molar-refractivity contribution is -0.119. The van der Waals surface area contributed by atoms with Gasteiger partial charge in [-0.05, 0) is 32.4 Å². The van der Waals surface area contributed by atoms with E-state index in [4.69, 9.17) is 16.2 Å². The molecule has 0 heterocycles. The predicted octanol–water partition coefficient (Wildman–Crippen LogP) is 1.23. The maximum atomic E-state index is 10.9. The van der Waals surface area contributed by atoms with Gasteiger partial charge in [0.05, 0.1) is 18.8 Å². The molecule has 1 aromatic rings. The van der Waals surface area contributed by atoms with Crippen LogP contribution in [0, 0.1) is 0 Å². The average Bonchev–Trinajstić information content (AvgIpc) is 2.34. The lowest BCUT2D eigenvalue weighted by Gasteiger charge is -2.24. The summed E-state index contributed by atoms with van der Waals surface area (Å²) < 4.78 is 5.60. The molecule has 1 aromatic carbocycles. The van der Waals surface area contributed by atoms with E-state index < -0.39 is 0 Å². The highest BCUT2D eigenvalue weighted by Crippen LogP contribution is 2.19. The molecule has 5 nitrogen and oxygen atoms in total. The second-order valence-electron chi connectivity index (χ2n) is 4.77. The van der Waals surface area contributed by atoms with E-state index in [0.717, 1.165) is 13.0 Å². The Labute approximate surface area is 114 Å². The molecule has 1 amide bonds. The number of carbonyl (C=O) groups excluding carboxylic acids is 1. The number of benzene rings is 1. The van der Waals surface area contributed by atoms with Crippen LogP contribution in [0.2, 0.25) is 0 Å². The molecule has 0 aliphatic carbocycles. The Morgan fingerprint density at radius 1 is 1.37 bits per heavy atom. The third-order valence-electron chi connectivity index (χ3n) is 2.86. The van der Waals surface area contributed by atoms with Crippen molar-refractivity contribution in [2.24, 2.45) is 5.73 Å². The number of nitrogen functional groups attached to an aromatic ring is 1. The number of para-hydroxylation sites is 2. The first-order valence-electron chi connectivity index (χ1n) is 6.50. The first kappa shape index (κ1) is 15.3. The number of carbonyl (C=O) groups is 1. The van der Waals surface area contributed by atoms with Crippen molar-refractivity contribution in [1.82, 2.24) is 4.90 Å². The second-order valence-corrected chi connectivity index (χ2v) is 4.77. The molecule has 4 N–H and O–H groups in total. The Morgan fingerprint density at radius 2 is 2.05 bits per heavy atom. The van der Waals surface area contributed by atoms with Gasteiger partial charge in [-0.1, -0.05) is 12.1 Å². The first-order valence-corrected chi connectivity index (χ1v) is 6.50. The predicted molar refractivity (Wildman–Crippen MR) is 76.9 cm³/mol. The van der Waals surface area contributed by atoms with Crippen LogP contribution in [0.3, 0.4) is 0 Å². The van der Waals surface area contributed by atoms with Crippen LogP contribution in [0.4, 0.5) is 5.69 Å². The summed E-state index contributed by atoms with van der Waals surface area (Å²) in [6, 6.07) is 7.70. The number of anilines is 1. The Kier molecular flexibility index (Phi) is 6.15. The molecule has 0 bridgehead atoms. The SMILES string of the molecule is CC(C)N(CCCOc1ccccc1N)CC(N)=O. The molecular weight excluding hydrogens is 242 g/mol. The van der Waals surface area contributed by atoms with Gasteiger partial charge in [0.2, 0.25) is 5.91 Å². The number of amides is 1. The summed E-state index contributed by atoms with van der Waals surface area (Å²) in [6.45, 7) is 5.70. The summed E-state index contributed by atoms with van der Waals surface area (Å²) in [5.41, 5.74) is 11.6. The molecule has 0 radical (unpaired) electrons. The van der Waals surface area contributed by atoms with Crippen molar-refractivity contribution >= 4 is 11.6 Å². The number of rotatable bonds is 8.